The van der Waals surface area contributed by atoms with E-state index in [9.17, 15) is 31.1 Å². The molecule has 1 aromatic heterocycles. The summed E-state index contributed by atoms with van der Waals surface area (Å²) in [6.07, 6.45) is -1.83. The van der Waals surface area contributed by atoms with Gasteiger partial charge in [-0.05, 0) is 36.6 Å². The molecule has 7 nitrogen and oxygen atoms in total. The molecule has 37 heavy (non-hydrogen) atoms. The Kier molecular flexibility index (Phi) is 9.64. The fourth-order valence-electron chi connectivity index (χ4n) is 3.42. The number of nitrogens with one attached hydrogen (secondary N) is 1. The summed E-state index contributed by atoms with van der Waals surface area (Å²) in [5.41, 5.74) is -2.88. The lowest BCUT2D eigenvalue weighted by Gasteiger charge is -2.12. The van der Waals surface area contributed by atoms with Crippen LogP contribution in [0.1, 0.15) is 24.0 Å². The number of aromatic nitrogens is 3. The van der Waals surface area contributed by atoms with Gasteiger partial charge in [0.1, 0.15) is 23.1 Å². The van der Waals surface area contributed by atoms with Crippen molar-refractivity contribution in [3.63, 3.8) is 0 Å². The van der Waals surface area contributed by atoms with Crippen molar-refractivity contribution in [3.05, 3.63) is 65.1 Å². The Morgan fingerprint density at radius 3 is 2.38 bits per heavy atom. The lowest BCUT2D eigenvalue weighted by Crippen LogP contribution is -2.17. The molecule has 0 spiro atoms. The molecule has 1 fully saturated rings. The van der Waals surface area contributed by atoms with E-state index in [-0.39, 0.29) is 11.4 Å². The minimum Gasteiger partial charge on any atom is -0.383 e. The predicted molar refractivity (Wildman–Crippen MR) is 121 cm³/mol. The van der Waals surface area contributed by atoms with E-state index in [1.807, 2.05) is 0 Å². The first-order chi connectivity index (χ1) is 17.6. The van der Waals surface area contributed by atoms with Gasteiger partial charge in [0.15, 0.2) is 0 Å². The first-order valence-electron chi connectivity index (χ1n) is 11.2. The van der Waals surface area contributed by atoms with E-state index in [1.54, 1.807) is 0 Å². The van der Waals surface area contributed by atoms with Gasteiger partial charge in [-0.3, -0.25) is 4.79 Å². The van der Waals surface area contributed by atoms with Gasteiger partial charge in [0.2, 0.25) is 5.91 Å². The maximum absolute atomic E-state index is 14.5. The molecule has 200 valence electrons. The maximum Gasteiger partial charge on any atom is 0.419 e. The zero-order valence-corrected chi connectivity index (χ0v) is 19.7. The van der Waals surface area contributed by atoms with Gasteiger partial charge in [-0.15, -0.1) is 5.10 Å². The Labute approximate surface area is 208 Å². The average molecular weight is 530 g/mol. The molecule has 13 heteroatoms. The maximum atomic E-state index is 14.5. The zero-order chi connectivity index (χ0) is 27.0. The quantitative estimate of drug-likeness (QED) is 0.435. The molecule has 1 N–H and O–H groups in total. The smallest absolute Gasteiger partial charge is 0.383 e. The van der Waals surface area contributed by atoms with Crippen molar-refractivity contribution in [3.8, 4) is 11.3 Å². The van der Waals surface area contributed by atoms with Gasteiger partial charge in [0, 0.05) is 26.0 Å². The first kappa shape index (κ1) is 28.1. The number of nitrogens with zero attached hydrogens (tertiary/aromatic N) is 3. The van der Waals surface area contributed by atoms with Gasteiger partial charge in [-0.1, -0.05) is 17.3 Å². The number of benzene rings is 2. The Morgan fingerprint density at radius 2 is 1.81 bits per heavy atom. The number of hydrogen-bond acceptors (Lipinski definition) is 5. The normalized spacial score (nSPS) is 13.3. The van der Waals surface area contributed by atoms with Crippen LogP contribution in [-0.2, 0) is 33.4 Å². The van der Waals surface area contributed by atoms with Crippen molar-refractivity contribution in [2.45, 2.75) is 32.0 Å². The summed E-state index contributed by atoms with van der Waals surface area (Å²) in [4.78, 5) is 12.1. The number of ether oxygens (including phenoxy) is 2. The topological polar surface area (TPSA) is 78.3 Å². The summed E-state index contributed by atoms with van der Waals surface area (Å²) in [6, 6.07) is 4.15. The van der Waals surface area contributed by atoms with Crippen LogP contribution in [0.25, 0.3) is 11.3 Å². The average Bonchev–Trinajstić information content (AvgIpc) is 3.53. The molecule has 1 aliphatic rings. The lowest BCUT2D eigenvalue weighted by atomic mass is 10.1. The van der Waals surface area contributed by atoms with Gasteiger partial charge in [-0.25, -0.2) is 17.9 Å². The standard InChI is InChI=1S/C20H16F6N4O2.C4H8O/c1-32-6-5-30-10-16(28-29-30)18-14(21)8-12(9-15(18)22)27-17(31)7-11-3-2-4-13(19(11)23)20(24,25)26;1-2-4-5-3-1/h2-4,8-10H,5-7H2,1H3,(H,27,31);1-4H2. The van der Waals surface area contributed by atoms with Crippen LogP contribution in [0, 0.1) is 17.5 Å². The van der Waals surface area contributed by atoms with Gasteiger partial charge in [-0.2, -0.15) is 13.2 Å². The van der Waals surface area contributed by atoms with Crippen LogP contribution in [0.2, 0.25) is 0 Å². The first-order valence-corrected chi connectivity index (χ1v) is 11.2. The van der Waals surface area contributed by atoms with Crippen molar-refractivity contribution in [1.82, 2.24) is 15.0 Å². The minimum atomic E-state index is -4.93. The van der Waals surface area contributed by atoms with Gasteiger partial charge in [0.25, 0.3) is 0 Å². The van der Waals surface area contributed by atoms with E-state index in [2.05, 4.69) is 15.6 Å². The summed E-state index contributed by atoms with van der Waals surface area (Å²) in [6.45, 7) is 2.62. The van der Waals surface area contributed by atoms with Crippen molar-refractivity contribution in [2.75, 3.05) is 32.2 Å². The number of alkyl halides is 3. The SMILES string of the molecule is C1CCOC1.COCCn1cc(-c2c(F)cc(NC(=O)Cc3cccc(C(F)(F)F)c3F)cc2F)nn1. The van der Waals surface area contributed by atoms with Crippen molar-refractivity contribution in [1.29, 1.82) is 0 Å². The molecule has 0 atom stereocenters. The lowest BCUT2D eigenvalue weighted by molar-refractivity contribution is -0.140. The third kappa shape index (κ3) is 7.76. The molecule has 2 aromatic carbocycles. The number of halogens is 6. The second-order valence-electron chi connectivity index (χ2n) is 8.00. The summed E-state index contributed by atoms with van der Waals surface area (Å²) in [5, 5.41) is 9.58. The van der Waals surface area contributed by atoms with Crippen molar-refractivity contribution >= 4 is 11.6 Å². The van der Waals surface area contributed by atoms with Crippen molar-refractivity contribution in [2.24, 2.45) is 0 Å². The van der Waals surface area contributed by atoms with E-state index in [0.29, 0.717) is 19.2 Å². The van der Waals surface area contributed by atoms with E-state index in [1.165, 1.54) is 30.8 Å². The Hall–Kier alpha value is -3.45. The number of carbonyl (C=O) groups is 1. The van der Waals surface area contributed by atoms with Crippen LogP contribution in [-0.4, -0.2) is 47.8 Å². The zero-order valence-electron chi connectivity index (χ0n) is 19.7. The number of amides is 1. The Bertz CT molecular complexity index is 1180. The highest BCUT2D eigenvalue weighted by Crippen LogP contribution is 2.33. The van der Waals surface area contributed by atoms with E-state index < -0.39 is 52.6 Å². The second-order valence-corrected chi connectivity index (χ2v) is 8.00. The van der Waals surface area contributed by atoms with Crippen LogP contribution in [0.4, 0.5) is 32.0 Å². The van der Waals surface area contributed by atoms with Crippen LogP contribution in [0.3, 0.4) is 0 Å². The molecule has 3 aromatic rings. The summed E-state index contributed by atoms with van der Waals surface area (Å²) in [7, 11) is 1.48. The van der Waals surface area contributed by atoms with E-state index in [4.69, 9.17) is 9.47 Å². The number of hydrogen-bond donors (Lipinski definition) is 1. The molecular weight excluding hydrogens is 506 g/mol. The number of anilines is 1. The van der Waals surface area contributed by atoms with Crippen LogP contribution >= 0.6 is 0 Å². The Morgan fingerprint density at radius 1 is 1.14 bits per heavy atom. The van der Waals surface area contributed by atoms with Gasteiger partial charge < -0.3 is 14.8 Å². The molecule has 1 saturated heterocycles. The largest absolute Gasteiger partial charge is 0.419 e. The highest BCUT2D eigenvalue weighted by Gasteiger charge is 2.35. The number of methoxy groups -OCH3 is 1. The molecular formula is C24H24F6N4O3. The molecule has 2 heterocycles. The molecule has 1 aliphatic heterocycles. The van der Waals surface area contributed by atoms with Gasteiger partial charge in [0.05, 0.1) is 36.9 Å². The summed E-state index contributed by atoms with van der Waals surface area (Å²) in [5.74, 6) is -4.65. The minimum absolute atomic E-state index is 0.0833. The highest BCUT2D eigenvalue weighted by atomic mass is 19.4. The third-order valence-electron chi connectivity index (χ3n) is 5.21. The van der Waals surface area contributed by atoms with Crippen LogP contribution in [0.15, 0.2) is 36.5 Å². The van der Waals surface area contributed by atoms with E-state index in [0.717, 1.165) is 37.5 Å². The third-order valence-corrected chi connectivity index (χ3v) is 5.21. The fourth-order valence-corrected chi connectivity index (χ4v) is 3.42. The molecule has 0 saturated carbocycles. The molecule has 4 rings (SSSR count). The molecule has 0 unspecified atom stereocenters. The number of carbonyl (C=O) groups excluding carboxylic acids is 1. The molecule has 0 radical (unpaired) electrons. The molecule has 0 aliphatic carbocycles. The van der Waals surface area contributed by atoms with Crippen LogP contribution in [0.5, 0.6) is 0 Å². The molecule has 0 bridgehead atoms. The second kappa shape index (κ2) is 12.7. The predicted octanol–water partition coefficient (Wildman–Crippen LogP) is 5.01. The summed E-state index contributed by atoms with van der Waals surface area (Å²) >= 11 is 0. The summed E-state index contributed by atoms with van der Waals surface area (Å²) < 4.78 is 92.6. The molecule has 1 amide bonds. The number of rotatable bonds is 7. The fraction of sp³-hybridized carbons (Fsp3) is 0.375. The monoisotopic (exact) mass is 530 g/mol. The van der Waals surface area contributed by atoms with E-state index >= 15 is 0 Å². The Balaban J connectivity index is 0.000000678. The van der Waals surface area contributed by atoms with Crippen molar-refractivity contribution < 1.29 is 40.6 Å². The van der Waals surface area contributed by atoms with Crippen LogP contribution < -0.4 is 5.32 Å². The highest BCUT2D eigenvalue weighted by molar-refractivity contribution is 5.92. The van der Waals surface area contributed by atoms with Gasteiger partial charge >= 0.3 is 6.18 Å².